The minimum absolute atomic E-state index is 0.402. The van der Waals surface area contributed by atoms with E-state index in [4.69, 9.17) is 11.6 Å². The van der Waals surface area contributed by atoms with Crippen LogP contribution in [0.5, 0.6) is 0 Å². The van der Waals surface area contributed by atoms with E-state index in [2.05, 4.69) is 10.2 Å². The Balaban J connectivity index is 1.88. The molecule has 0 bridgehead atoms. The first-order valence-corrected chi connectivity index (χ1v) is 6.31. The van der Waals surface area contributed by atoms with E-state index >= 15 is 0 Å². The fourth-order valence-corrected chi connectivity index (χ4v) is 2.77. The Morgan fingerprint density at radius 3 is 2.80 bits per heavy atom. The van der Waals surface area contributed by atoms with E-state index in [1.54, 1.807) is 0 Å². The molecule has 1 aliphatic heterocycles. The number of aliphatic hydroxyl groups excluding tert-OH is 1. The molecule has 1 aliphatic rings. The fraction of sp³-hybridized carbons (Fsp3) is 0.600. The van der Waals surface area contributed by atoms with Crippen LogP contribution < -0.4 is 5.32 Å². The largest absolute Gasteiger partial charge is 0.386 e. The monoisotopic (exact) mass is 246 g/mol. The van der Waals surface area contributed by atoms with E-state index < -0.39 is 6.10 Å². The number of hydrogen-bond acceptors (Lipinski definition) is 4. The molecule has 3 nitrogen and oxygen atoms in total. The van der Waals surface area contributed by atoms with Crippen molar-refractivity contribution in [1.29, 1.82) is 0 Å². The first-order chi connectivity index (χ1) is 7.25. The number of rotatable bonds is 3. The summed E-state index contributed by atoms with van der Waals surface area (Å²) in [6.07, 6.45) is -0.402. The summed E-state index contributed by atoms with van der Waals surface area (Å²) in [4.78, 5) is 3.23. The van der Waals surface area contributed by atoms with Crippen LogP contribution in [0.15, 0.2) is 12.1 Å². The van der Waals surface area contributed by atoms with Crippen molar-refractivity contribution in [2.45, 2.75) is 6.10 Å². The maximum Gasteiger partial charge on any atom is 0.101 e. The summed E-state index contributed by atoms with van der Waals surface area (Å²) in [7, 11) is 0. The first-order valence-electron chi connectivity index (χ1n) is 5.12. The summed E-state index contributed by atoms with van der Waals surface area (Å²) in [6.45, 7) is 4.75. The molecular weight excluding hydrogens is 232 g/mol. The Kier molecular flexibility index (Phi) is 3.99. The molecule has 1 unspecified atom stereocenters. The van der Waals surface area contributed by atoms with E-state index in [-0.39, 0.29) is 0 Å². The number of nitrogens with one attached hydrogen (secondary N) is 1. The minimum Gasteiger partial charge on any atom is -0.386 e. The molecule has 1 saturated heterocycles. The summed E-state index contributed by atoms with van der Waals surface area (Å²) in [5.74, 6) is 0. The molecule has 0 radical (unpaired) electrons. The van der Waals surface area contributed by atoms with Crippen molar-refractivity contribution in [3.63, 3.8) is 0 Å². The molecule has 2 heterocycles. The van der Waals surface area contributed by atoms with Crippen molar-refractivity contribution in [3.05, 3.63) is 21.3 Å². The minimum atomic E-state index is -0.402. The van der Waals surface area contributed by atoms with Gasteiger partial charge in [0.2, 0.25) is 0 Å². The van der Waals surface area contributed by atoms with Gasteiger partial charge in [-0.2, -0.15) is 0 Å². The van der Waals surface area contributed by atoms with Gasteiger partial charge < -0.3 is 10.4 Å². The van der Waals surface area contributed by atoms with Crippen molar-refractivity contribution >= 4 is 22.9 Å². The molecule has 0 amide bonds. The quantitative estimate of drug-likeness (QED) is 0.845. The zero-order valence-electron chi connectivity index (χ0n) is 8.45. The average Bonchev–Trinajstić information content (AvgIpc) is 2.66. The maximum absolute atomic E-state index is 9.98. The van der Waals surface area contributed by atoms with Gasteiger partial charge in [-0.3, -0.25) is 4.90 Å². The number of halogens is 1. The topological polar surface area (TPSA) is 35.5 Å². The van der Waals surface area contributed by atoms with Crippen molar-refractivity contribution < 1.29 is 5.11 Å². The summed E-state index contributed by atoms with van der Waals surface area (Å²) in [6, 6.07) is 3.74. The SMILES string of the molecule is OC(CN1CCNCC1)c1ccc(Cl)s1. The van der Waals surface area contributed by atoms with E-state index in [9.17, 15) is 5.11 Å². The fourth-order valence-electron chi connectivity index (χ4n) is 1.74. The van der Waals surface area contributed by atoms with Crippen LogP contribution in [0.25, 0.3) is 0 Å². The van der Waals surface area contributed by atoms with Crippen LogP contribution >= 0.6 is 22.9 Å². The lowest BCUT2D eigenvalue weighted by atomic mass is 10.2. The zero-order chi connectivity index (χ0) is 10.7. The number of aliphatic hydroxyl groups is 1. The third-order valence-electron chi connectivity index (χ3n) is 2.56. The van der Waals surface area contributed by atoms with Crippen LogP contribution in [0.1, 0.15) is 11.0 Å². The van der Waals surface area contributed by atoms with Gasteiger partial charge in [-0.05, 0) is 12.1 Å². The van der Waals surface area contributed by atoms with Gasteiger partial charge in [0, 0.05) is 37.6 Å². The summed E-state index contributed by atoms with van der Waals surface area (Å²) < 4.78 is 0.740. The molecule has 0 aromatic carbocycles. The Bertz CT molecular complexity index is 312. The second-order valence-electron chi connectivity index (χ2n) is 3.71. The van der Waals surface area contributed by atoms with Crippen molar-refractivity contribution in [1.82, 2.24) is 10.2 Å². The third kappa shape index (κ3) is 3.16. The Hall–Kier alpha value is -0.130. The van der Waals surface area contributed by atoms with Crippen molar-refractivity contribution in [3.8, 4) is 0 Å². The molecule has 1 fully saturated rings. The zero-order valence-corrected chi connectivity index (χ0v) is 10.0. The van der Waals surface area contributed by atoms with Crippen LogP contribution in [-0.2, 0) is 0 Å². The normalized spacial score (nSPS) is 20.4. The van der Waals surface area contributed by atoms with Crippen LogP contribution in [-0.4, -0.2) is 42.7 Å². The molecule has 1 aromatic heterocycles. The highest BCUT2D eigenvalue weighted by molar-refractivity contribution is 7.16. The van der Waals surface area contributed by atoms with Gasteiger partial charge >= 0.3 is 0 Å². The number of β-amino-alcohol motifs (C(OH)–C–C–N with tert-alkyl or cyclic N) is 1. The summed E-state index contributed by atoms with van der Waals surface area (Å²) in [5, 5.41) is 13.3. The summed E-state index contributed by atoms with van der Waals surface area (Å²) >= 11 is 7.29. The van der Waals surface area contributed by atoms with Gasteiger partial charge in [0.05, 0.1) is 4.34 Å². The van der Waals surface area contributed by atoms with E-state index in [1.807, 2.05) is 12.1 Å². The molecule has 0 spiro atoms. The van der Waals surface area contributed by atoms with E-state index in [1.165, 1.54) is 11.3 Å². The smallest absolute Gasteiger partial charge is 0.101 e. The number of thiophene rings is 1. The van der Waals surface area contributed by atoms with Gasteiger partial charge in [-0.15, -0.1) is 11.3 Å². The van der Waals surface area contributed by atoms with Gasteiger partial charge in [0.1, 0.15) is 6.10 Å². The molecule has 1 atom stereocenters. The second kappa shape index (κ2) is 5.27. The predicted octanol–water partition coefficient (Wildman–Crippen LogP) is 1.34. The van der Waals surface area contributed by atoms with Crippen LogP contribution in [0.3, 0.4) is 0 Å². The second-order valence-corrected chi connectivity index (χ2v) is 5.45. The highest BCUT2D eigenvalue weighted by Gasteiger charge is 2.16. The molecule has 84 valence electrons. The van der Waals surface area contributed by atoms with E-state index in [0.717, 1.165) is 35.4 Å². The lowest BCUT2D eigenvalue weighted by molar-refractivity contribution is 0.108. The maximum atomic E-state index is 9.98. The predicted molar refractivity (Wildman–Crippen MR) is 63.6 cm³/mol. The van der Waals surface area contributed by atoms with Crippen LogP contribution in [0, 0.1) is 0 Å². The molecule has 2 rings (SSSR count). The third-order valence-corrected chi connectivity index (χ3v) is 3.90. The molecule has 2 N–H and O–H groups in total. The Labute approximate surface area is 98.7 Å². The molecule has 5 heteroatoms. The van der Waals surface area contributed by atoms with Crippen molar-refractivity contribution in [2.75, 3.05) is 32.7 Å². The standard InChI is InChI=1S/C10H15ClN2OS/c11-10-2-1-9(15-10)8(14)7-13-5-3-12-4-6-13/h1-2,8,12,14H,3-7H2. The lowest BCUT2D eigenvalue weighted by Gasteiger charge is -2.28. The Morgan fingerprint density at radius 2 is 2.20 bits per heavy atom. The number of piperazine rings is 1. The van der Waals surface area contributed by atoms with Gasteiger partial charge in [-0.25, -0.2) is 0 Å². The van der Waals surface area contributed by atoms with E-state index in [0.29, 0.717) is 6.54 Å². The number of nitrogens with zero attached hydrogens (tertiary/aromatic N) is 1. The Morgan fingerprint density at radius 1 is 1.47 bits per heavy atom. The molecule has 0 aliphatic carbocycles. The van der Waals surface area contributed by atoms with Crippen LogP contribution in [0.4, 0.5) is 0 Å². The molecule has 1 aromatic rings. The van der Waals surface area contributed by atoms with Crippen molar-refractivity contribution in [2.24, 2.45) is 0 Å². The van der Waals surface area contributed by atoms with Gasteiger partial charge in [-0.1, -0.05) is 11.6 Å². The van der Waals surface area contributed by atoms with Crippen LogP contribution in [0.2, 0.25) is 4.34 Å². The molecule has 15 heavy (non-hydrogen) atoms. The highest BCUT2D eigenvalue weighted by atomic mass is 35.5. The number of hydrogen-bond donors (Lipinski definition) is 2. The highest BCUT2D eigenvalue weighted by Crippen LogP contribution is 2.27. The summed E-state index contributed by atoms with van der Waals surface area (Å²) in [5.41, 5.74) is 0. The van der Waals surface area contributed by atoms with Gasteiger partial charge in [0.15, 0.2) is 0 Å². The molecule has 0 saturated carbocycles. The molecular formula is C10H15ClN2OS. The average molecular weight is 247 g/mol. The lowest BCUT2D eigenvalue weighted by Crippen LogP contribution is -2.44. The first kappa shape index (κ1) is 11.4. The van der Waals surface area contributed by atoms with Gasteiger partial charge in [0.25, 0.3) is 0 Å².